The number of halogens is 1. The summed E-state index contributed by atoms with van der Waals surface area (Å²) in [5.74, 6) is 0. The summed E-state index contributed by atoms with van der Waals surface area (Å²) in [4.78, 5) is 2.00. The summed E-state index contributed by atoms with van der Waals surface area (Å²) in [5.41, 5.74) is 3.97. The van der Waals surface area contributed by atoms with Gasteiger partial charge in [0.2, 0.25) is 0 Å². The van der Waals surface area contributed by atoms with Gasteiger partial charge in [-0.15, -0.1) is 0 Å². The number of hydrogen-bond acceptors (Lipinski definition) is 2. The van der Waals surface area contributed by atoms with E-state index in [1.165, 1.54) is 0 Å². The molecule has 4 rings (SSSR count). The molecule has 1 aliphatic heterocycles. The number of para-hydroxylation sites is 1. The Labute approximate surface area is 115 Å². The fourth-order valence-corrected chi connectivity index (χ4v) is 2.90. The van der Waals surface area contributed by atoms with Crippen LogP contribution in [0.1, 0.15) is 16.6 Å². The molecule has 1 aliphatic rings. The first-order valence-electron chi connectivity index (χ1n) is 6.23. The summed E-state index contributed by atoms with van der Waals surface area (Å²) in [6.07, 6.45) is 4.06. The van der Waals surface area contributed by atoms with Gasteiger partial charge in [-0.25, -0.2) is 0 Å². The number of alkyl halides is 1. The van der Waals surface area contributed by atoms with Gasteiger partial charge in [-0.2, -0.15) is 0 Å². The first kappa shape index (κ1) is 10.9. The second kappa shape index (κ2) is 3.78. The number of fused-ring (bicyclic) bond motifs is 4. The van der Waals surface area contributed by atoms with Gasteiger partial charge in [-0.3, -0.25) is 0 Å². The predicted octanol–water partition coefficient (Wildman–Crippen LogP) is 4.74. The van der Waals surface area contributed by atoms with Gasteiger partial charge in [0.1, 0.15) is 16.7 Å². The SMILES string of the molecule is CN1C=Cc2cc3oc4ccccc4c3cc2C1Cl. The van der Waals surface area contributed by atoms with Crippen molar-refractivity contribution in [3.05, 3.63) is 53.7 Å². The van der Waals surface area contributed by atoms with Crippen LogP contribution >= 0.6 is 11.6 Å². The van der Waals surface area contributed by atoms with Crippen LogP contribution in [-0.2, 0) is 0 Å². The van der Waals surface area contributed by atoms with E-state index in [1.807, 2.05) is 36.3 Å². The minimum atomic E-state index is -0.127. The summed E-state index contributed by atoms with van der Waals surface area (Å²) in [5, 5.41) is 2.27. The maximum Gasteiger partial charge on any atom is 0.136 e. The van der Waals surface area contributed by atoms with Gasteiger partial charge in [0, 0.05) is 24.0 Å². The monoisotopic (exact) mass is 269 g/mol. The van der Waals surface area contributed by atoms with Crippen LogP contribution in [0.2, 0.25) is 0 Å². The van der Waals surface area contributed by atoms with Gasteiger partial charge >= 0.3 is 0 Å². The summed E-state index contributed by atoms with van der Waals surface area (Å²) < 4.78 is 5.89. The van der Waals surface area contributed by atoms with E-state index in [0.717, 1.165) is 33.1 Å². The van der Waals surface area contributed by atoms with Crippen LogP contribution in [0, 0.1) is 0 Å². The molecule has 0 bridgehead atoms. The number of rotatable bonds is 0. The predicted molar refractivity (Wildman–Crippen MR) is 79.1 cm³/mol. The lowest BCUT2D eigenvalue weighted by atomic mass is 10.0. The third kappa shape index (κ3) is 1.50. The second-order valence-corrected chi connectivity index (χ2v) is 5.31. The molecule has 2 heterocycles. The third-order valence-electron chi connectivity index (χ3n) is 3.69. The van der Waals surface area contributed by atoms with Crippen molar-refractivity contribution in [2.45, 2.75) is 5.50 Å². The fraction of sp³-hybridized carbons (Fsp3) is 0.125. The average Bonchev–Trinajstić information content (AvgIpc) is 2.79. The lowest BCUT2D eigenvalue weighted by molar-refractivity contribution is 0.428. The molecule has 2 aromatic carbocycles. The Kier molecular flexibility index (Phi) is 2.18. The summed E-state index contributed by atoms with van der Waals surface area (Å²) >= 11 is 6.46. The minimum Gasteiger partial charge on any atom is -0.456 e. The highest BCUT2D eigenvalue weighted by molar-refractivity contribution is 6.21. The van der Waals surface area contributed by atoms with Gasteiger partial charge in [0.05, 0.1) is 0 Å². The molecule has 0 saturated heterocycles. The third-order valence-corrected chi connectivity index (χ3v) is 4.23. The Bertz CT molecular complexity index is 818. The lowest BCUT2D eigenvalue weighted by Crippen LogP contribution is -2.17. The van der Waals surface area contributed by atoms with Crippen molar-refractivity contribution >= 4 is 39.6 Å². The zero-order valence-corrected chi connectivity index (χ0v) is 11.2. The molecule has 0 spiro atoms. The Morgan fingerprint density at radius 1 is 1.11 bits per heavy atom. The van der Waals surface area contributed by atoms with Crippen LogP contribution in [0.15, 0.2) is 47.0 Å². The van der Waals surface area contributed by atoms with Crippen LogP contribution in [0.4, 0.5) is 0 Å². The smallest absolute Gasteiger partial charge is 0.136 e. The molecule has 0 radical (unpaired) electrons. The molecule has 3 heteroatoms. The number of furan rings is 1. The molecule has 19 heavy (non-hydrogen) atoms. The standard InChI is InChI=1S/C16H12ClNO/c1-18-7-6-10-8-15-13(9-12(10)16(18)17)11-4-2-3-5-14(11)19-15/h2-9,16H,1H3. The van der Waals surface area contributed by atoms with Crippen molar-refractivity contribution in [2.75, 3.05) is 7.05 Å². The van der Waals surface area contributed by atoms with E-state index >= 15 is 0 Å². The van der Waals surface area contributed by atoms with Crippen molar-refractivity contribution < 1.29 is 4.42 Å². The van der Waals surface area contributed by atoms with Crippen molar-refractivity contribution in [1.29, 1.82) is 0 Å². The van der Waals surface area contributed by atoms with E-state index in [0.29, 0.717) is 0 Å². The van der Waals surface area contributed by atoms with Crippen LogP contribution < -0.4 is 0 Å². The zero-order valence-electron chi connectivity index (χ0n) is 10.4. The highest BCUT2D eigenvalue weighted by atomic mass is 35.5. The van der Waals surface area contributed by atoms with Gasteiger partial charge in [-0.05, 0) is 35.4 Å². The van der Waals surface area contributed by atoms with Crippen LogP contribution in [0.25, 0.3) is 28.0 Å². The Balaban J connectivity index is 2.10. The molecule has 94 valence electrons. The molecule has 1 unspecified atom stereocenters. The van der Waals surface area contributed by atoms with Crippen molar-refractivity contribution in [3.63, 3.8) is 0 Å². The Morgan fingerprint density at radius 2 is 1.95 bits per heavy atom. The summed E-state index contributed by atoms with van der Waals surface area (Å²) in [7, 11) is 1.98. The topological polar surface area (TPSA) is 16.4 Å². The van der Waals surface area contributed by atoms with Gasteiger partial charge in [-0.1, -0.05) is 29.8 Å². The minimum absolute atomic E-state index is 0.127. The van der Waals surface area contributed by atoms with E-state index in [2.05, 4.69) is 24.3 Å². The largest absolute Gasteiger partial charge is 0.456 e. The van der Waals surface area contributed by atoms with Crippen LogP contribution in [0.5, 0.6) is 0 Å². The lowest BCUT2D eigenvalue weighted by Gasteiger charge is -2.26. The van der Waals surface area contributed by atoms with Crippen LogP contribution in [-0.4, -0.2) is 11.9 Å². The molecule has 0 saturated carbocycles. The van der Waals surface area contributed by atoms with Gasteiger partial charge in [0.25, 0.3) is 0 Å². The highest BCUT2D eigenvalue weighted by Gasteiger charge is 2.20. The van der Waals surface area contributed by atoms with Crippen molar-refractivity contribution in [2.24, 2.45) is 0 Å². The molecule has 3 aromatic rings. The molecule has 2 nitrogen and oxygen atoms in total. The molecular formula is C16H12ClNO. The number of benzene rings is 2. The number of nitrogens with zero attached hydrogens (tertiary/aromatic N) is 1. The molecular weight excluding hydrogens is 258 g/mol. The molecule has 1 atom stereocenters. The second-order valence-electron chi connectivity index (χ2n) is 4.89. The molecule has 0 aliphatic carbocycles. The van der Waals surface area contributed by atoms with E-state index < -0.39 is 0 Å². The van der Waals surface area contributed by atoms with Gasteiger partial charge < -0.3 is 9.32 Å². The molecule has 0 fully saturated rings. The average molecular weight is 270 g/mol. The quantitative estimate of drug-likeness (QED) is 0.433. The van der Waals surface area contributed by atoms with E-state index in [4.69, 9.17) is 16.0 Å². The zero-order chi connectivity index (χ0) is 13.0. The fourth-order valence-electron chi connectivity index (χ4n) is 2.65. The van der Waals surface area contributed by atoms with E-state index in [-0.39, 0.29) is 5.50 Å². The normalized spacial score (nSPS) is 18.2. The number of hydrogen-bond donors (Lipinski definition) is 0. The maximum absolute atomic E-state index is 6.46. The molecule has 1 aromatic heterocycles. The van der Waals surface area contributed by atoms with Crippen molar-refractivity contribution in [1.82, 2.24) is 4.90 Å². The first-order valence-corrected chi connectivity index (χ1v) is 6.67. The molecule has 0 amide bonds. The summed E-state index contributed by atoms with van der Waals surface area (Å²) in [6, 6.07) is 12.3. The van der Waals surface area contributed by atoms with E-state index in [1.54, 1.807) is 0 Å². The van der Waals surface area contributed by atoms with Crippen molar-refractivity contribution in [3.8, 4) is 0 Å². The Hall–Kier alpha value is -1.93. The molecule has 0 N–H and O–H groups in total. The summed E-state index contributed by atoms with van der Waals surface area (Å²) in [6.45, 7) is 0. The van der Waals surface area contributed by atoms with Crippen LogP contribution in [0.3, 0.4) is 0 Å². The highest BCUT2D eigenvalue weighted by Crippen LogP contribution is 2.38. The first-order chi connectivity index (χ1) is 9.24. The van der Waals surface area contributed by atoms with Gasteiger partial charge in [0.15, 0.2) is 0 Å². The van der Waals surface area contributed by atoms with E-state index in [9.17, 15) is 0 Å². The maximum atomic E-state index is 6.46. The Morgan fingerprint density at radius 3 is 2.84 bits per heavy atom.